The number of rotatable bonds is 8. The van der Waals surface area contributed by atoms with E-state index in [1.54, 1.807) is 7.11 Å². The van der Waals surface area contributed by atoms with Gasteiger partial charge >= 0.3 is 0 Å². The molecular weight excluding hydrogens is 340 g/mol. The van der Waals surface area contributed by atoms with Crippen molar-refractivity contribution in [1.82, 2.24) is 15.1 Å². The van der Waals surface area contributed by atoms with Gasteiger partial charge in [-0.2, -0.15) is 0 Å². The molecule has 0 aromatic carbocycles. The van der Waals surface area contributed by atoms with Crippen molar-refractivity contribution in [2.24, 2.45) is 22.7 Å². The van der Waals surface area contributed by atoms with E-state index in [2.05, 4.69) is 47.8 Å². The lowest BCUT2D eigenvalue weighted by Gasteiger charge is -2.45. The van der Waals surface area contributed by atoms with Gasteiger partial charge in [0.2, 0.25) is 0 Å². The number of methoxy groups -OCH3 is 1. The van der Waals surface area contributed by atoms with E-state index in [0.29, 0.717) is 19.1 Å². The zero-order valence-electron chi connectivity index (χ0n) is 18.5. The zero-order valence-corrected chi connectivity index (χ0v) is 18.5. The van der Waals surface area contributed by atoms with Gasteiger partial charge in [0.1, 0.15) is 0 Å². The van der Waals surface area contributed by atoms with Crippen molar-refractivity contribution in [3.8, 4) is 0 Å². The Morgan fingerprint density at radius 3 is 2.48 bits per heavy atom. The summed E-state index contributed by atoms with van der Waals surface area (Å²) in [7, 11) is 3.60. The van der Waals surface area contributed by atoms with Crippen LogP contribution in [0.5, 0.6) is 0 Å². The number of likely N-dealkylation sites (tertiary alicyclic amines) is 2. The minimum Gasteiger partial charge on any atom is -0.382 e. The number of ether oxygens (including phenoxy) is 2. The smallest absolute Gasteiger partial charge is 0.193 e. The molecule has 2 saturated heterocycles. The first-order chi connectivity index (χ1) is 12.9. The summed E-state index contributed by atoms with van der Waals surface area (Å²) >= 11 is 0. The maximum Gasteiger partial charge on any atom is 0.193 e. The van der Waals surface area contributed by atoms with Crippen LogP contribution >= 0.6 is 0 Å². The first-order valence-electron chi connectivity index (χ1n) is 10.6. The van der Waals surface area contributed by atoms with Crippen LogP contribution in [-0.4, -0.2) is 88.0 Å². The zero-order chi connectivity index (χ0) is 19.9. The van der Waals surface area contributed by atoms with E-state index in [1.807, 2.05) is 7.05 Å². The van der Waals surface area contributed by atoms with Gasteiger partial charge in [-0.05, 0) is 38.5 Å². The molecule has 1 N–H and O–H groups in total. The van der Waals surface area contributed by atoms with Gasteiger partial charge in [-0.25, -0.2) is 0 Å². The minimum atomic E-state index is 0.126. The molecule has 0 aromatic heterocycles. The van der Waals surface area contributed by atoms with Crippen LogP contribution in [0.4, 0.5) is 0 Å². The van der Waals surface area contributed by atoms with E-state index in [0.717, 1.165) is 50.5 Å². The fourth-order valence-electron chi connectivity index (χ4n) is 4.45. The van der Waals surface area contributed by atoms with E-state index < -0.39 is 0 Å². The van der Waals surface area contributed by atoms with Crippen LogP contribution < -0.4 is 5.32 Å². The molecule has 3 atom stereocenters. The van der Waals surface area contributed by atoms with Crippen molar-refractivity contribution >= 4 is 5.96 Å². The summed E-state index contributed by atoms with van der Waals surface area (Å²) in [6.45, 7) is 17.0. The molecule has 2 fully saturated rings. The molecular formula is C21H42N4O2. The van der Waals surface area contributed by atoms with E-state index in [4.69, 9.17) is 9.47 Å². The molecule has 0 bridgehead atoms. The molecule has 0 saturated carbocycles. The van der Waals surface area contributed by atoms with Crippen molar-refractivity contribution in [2.45, 2.75) is 46.1 Å². The van der Waals surface area contributed by atoms with Crippen LogP contribution in [0.25, 0.3) is 0 Å². The molecule has 2 rings (SSSR count). The number of aliphatic imine (C=N–C) groups is 1. The maximum absolute atomic E-state index is 5.71. The first kappa shape index (κ1) is 22.4. The molecule has 2 heterocycles. The lowest BCUT2D eigenvalue weighted by molar-refractivity contribution is 0.0478. The summed E-state index contributed by atoms with van der Waals surface area (Å²) in [5.41, 5.74) is 0.126. The Bertz CT molecular complexity index is 459. The quantitative estimate of drug-likeness (QED) is 0.397. The molecule has 6 nitrogen and oxygen atoms in total. The summed E-state index contributed by atoms with van der Waals surface area (Å²) in [4.78, 5) is 9.58. The van der Waals surface area contributed by atoms with E-state index >= 15 is 0 Å². The largest absolute Gasteiger partial charge is 0.382 e. The molecule has 0 spiro atoms. The summed E-state index contributed by atoms with van der Waals surface area (Å²) in [5.74, 6) is 3.17. The van der Waals surface area contributed by atoms with Gasteiger partial charge in [-0.15, -0.1) is 0 Å². The van der Waals surface area contributed by atoms with E-state index in [9.17, 15) is 0 Å². The second-order valence-electron chi connectivity index (χ2n) is 9.23. The third kappa shape index (κ3) is 6.91. The number of nitrogens with one attached hydrogen (secondary N) is 1. The van der Waals surface area contributed by atoms with Gasteiger partial charge in [-0.3, -0.25) is 9.89 Å². The summed E-state index contributed by atoms with van der Waals surface area (Å²) in [5, 5.41) is 3.65. The Morgan fingerprint density at radius 1 is 1.15 bits per heavy atom. The van der Waals surface area contributed by atoms with Crippen molar-refractivity contribution < 1.29 is 9.47 Å². The second kappa shape index (κ2) is 10.6. The highest BCUT2D eigenvalue weighted by Gasteiger charge is 2.33. The molecule has 27 heavy (non-hydrogen) atoms. The highest BCUT2D eigenvalue weighted by Crippen LogP contribution is 2.27. The molecule has 0 radical (unpaired) electrons. The normalized spacial score (nSPS) is 28.0. The number of nitrogens with zero attached hydrogens (tertiary/aromatic N) is 3. The monoisotopic (exact) mass is 382 g/mol. The topological polar surface area (TPSA) is 49.3 Å². The van der Waals surface area contributed by atoms with Gasteiger partial charge in [-0.1, -0.05) is 13.8 Å². The van der Waals surface area contributed by atoms with Gasteiger partial charge in [0, 0.05) is 58.3 Å². The van der Waals surface area contributed by atoms with E-state index in [1.165, 1.54) is 19.5 Å². The summed E-state index contributed by atoms with van der Waals surface area (Å²) < 4.78 is 10.8. The molecule has 0 amide bonds. The van der Waals surface area contributed by atoms with Crippen LogP contribution in [0.2, 0.25) is 0 Å². The van der Waals surface area contributed by atoms with Crippen LogP contribution in [0, 0.1) is 17.8 Å². The van der Waals surface area contributed by atoms with E-state index in [-0.39, 0.29) is 5.54 Å². The lowest BCUT2D eigenvalue weighted by Crippen LogP contribution is -2.57. The third-order valence-electron chi connectivity index (χ3n) is 5.99. The van der Waals surface area contributed by atoms with Crippen molar-refractivity contribution in [3.63, 3.8) is 0 Å². The number of hydrogen-bond donors (Lipinski definition) is 1. The predicted octanol–water partition coefficient (Wildman–Crippen LogP) is 2.30. The molecule has 158 valence electrons. The fraction of sp³-hybridized carbons (Fsp3) is 0.952. The van der Waals surface area contributed by atoms with Crippen molar-refractivity contribution in [1.29, 1.82) is 0 Å². The van der Waals surface area contributed by atoms with Crippen molar-refractivity contribution in [3.05, 3.63) is 0 Å². The Hall–Kier alpha value is -0.850. The highest BCUT2D eigenvalue weighted by atomic mass is 16.5. The van der Waals surface area contributed by atoms with Crippen LogP contribution in [0.3, 0.4) is 0 Å². The number of guanidine groups is 1. The maximum atomic E-state index is 5.71. The molecule has 2 aliphatic rings. The molecule has 0 aliphatic carbocycles. The predicted molar refractivity (Wildman–Crippen MR) is 112 cm³/mol. The van der Waals surface area contributed by atoms with Gasteiger partial charge in [0.25, 0.3) is 0 Å². The second-order valence-corrected chi connectivity index (χ2v) is 9.23. The first-order valence-corrected chi connectivity index (χ1v) is 10.6. The lowest BCUT2D eigenvalue weighted by atomic mass is 9.88. The van der Waals surface area contributed by atoms with Gasteiger partial charge in [0.15, 0.2) is 5.96 Å². The van der Waals surface area contributed by atoms with Crippen LogP contribution in [-0.2, 0) is 9.47 Å². The Labute approximate surface area is 166 Å². The molecule has 0 aromatic rings. The summed E-state index contributed by atoms with van der Waals surface area (Å²) in [6.07, 6.45) is 2.52. The Morgan fingerprint density at radius 2 is 1.85 bits per heavy atom. The molecule has 6 heteroatoms. The number of piperidine rings is 1. The van der Waals surface area contributed by atoms with Crippen LogP contribution in [0.15, 0.2) is 4.99 Å². The average Bonchev–Trinajstić information content (AvgIpc) is 3.07. The fourth-order valence-corrected chi connectivity index (χ4v) is 4.45. The van der Waals surface area contributed by atoms with Gasteiger partial charge < -0.3 is 19.7 Å². The number of hydrogen-bond acceptors (Lipinski definition) is 4. The summed E-state index contributed by atoms with van der Waals surface area (Å²) in [6, 6.07) is 0. The highest BCUT2D eigenvalue weighted by molar-refractivity contribution is 5.80. The minimum absolute atomic E-state index is 0.126. The SMILES string of the molecule is CN=C(NCC(C)(C)N1CC(C)CC(C)C1)N1CCC(COCCOC)C1. The molecule has 3 unspecified atom stereocenters. The Kier molecular flexibility index (Phi) is 8.83. The average molecular weight is 383 g/mol. The molecule has 2 aliphatic heterocycles. The standard InChI is InChI=1S/C21H42N4O2/c1-17-11-18(2)13-25(12-17)21(3,4)16-23-20(22-5)24-8-7-19(14-24)15-27-10-9-26-6/h17-19H,7-16H2,1-6H3,(H,22,23). The third-order valence-corrected chi connectivity index (χ3v) is 5.99. The van der Waals surface area contributed by atoms with Crippen LogP contribution in [0.1, 0.15) is 40.5 Å². The van der Waals surface area contributed by atoms with Gasteiger partial charge in [0.05, 0.1) is 19.8 Å². The Balaban J connectivity index is 1.79. The van der Waals surface area contributed by atoms with Crippen molar-refractivity contribution in [2.75, 3.05) is 66.7 Å².